The molecule has 6 heterocycles. The monoisotopic (exact) mass is 557 g/mol. The highest BCUT2D eigenvalue weighted by atomic mass is 19.4. The summed E-state index contributed by atoms with van der Waals surface area (Å²) in [6, 6.07) is 8.19. The van der Waals surface area contributed by atoms with Crippen molar-refractivity contribution in [2.45, 2.75) is 50.2 Å². The Morgan fingerprint density at radius 1 is 1.12 bits per heavy atom. The van der Waals surface area contributed by atoms with Crippen molar-refractivity contribution >= 4 is 17.0 Å². The van der Waals surface area contributed by atoms with Gasteiger partial charge in [-0.2, -0.15) is 23.4 Å². The molecule has 0 radical (unpaired) electrons. The maximum absolute atomic E-state index is 13.2. The van der Waals surface area contributed by atoms with E-state index >= 15 is 0 Å². The molecule has 2 N–H and O–H groups in total. The largest absolute Gasteiger partial charge is 0.488 e. The summed E-state index contributed by atoms with van der Waals surface area (Å²) >= 11 is 0. The third-order valence-corrected chi connectivity index (χ3v) is 7.60. The van der Waals surface area contributed by atoms with Gasteiger partial charge in [0.1, 0.15) is 17.5 Å². The molecule has 2 saturated heterocycles. The Morgan fingerprint density at radius 3 is 2.60 bits per heavy atom. The maximum atomic E-state index is 13.2. The molecule has 13 heteroatoms. The lowest BCUT2D eigenvalue weighted by Gasteiger charge is -2.46. The fourth-order valence-corrected chi connectivity index (χ4v) is 5.51. The van der Waals surface area contributed by atoms with Crippen molar-refractivity contribution in [3.63, 3.8) is 0 Å². The highest BCUT2D eigenvalue weighted by molar-refractivity contribution is 5.75. The number of aromatic nitrogens is 5. The number of hydrogen-bond acceptors (Lipinski definition) is 8. The van der Waals surface area contributed by atoms with Gasteiger partial charge in [-0.15, -0.1) is 0 Å². The first kappa shape index (κ1) is 26.5. The van der Waals surface area contributed by atoms with Gasteiger partial charge in [0.2, 0.25) is 0 Å². The first-order valence-corrected chi connectivity index (χ1v) is 13.0. The molecule has 2 fully saturated rings. The second kappa shape index (κ2) is 10.1. The van der Waals surface area contributed by atoms with Crippen LogP contribution in [0.25, 0.3) is 16.6 Å². The summed E-state index contributed by atoms with van der Waals surface area (Å²) in [5.74, 6) is 1.01. The van der Waals surface area contributed by atoms with E-state index in [9.17, 15) is 18.3 Å². The minimum atomic E-state index is -4.85. The van der Waals surface area contributed by atoms with E-state index in [-0.39, 0.29) is 11.8 Å². The molecule has 6 rings (SSSR count). The Kier molecular flexibility index (Phi) is 6.67. The van der Waals surface area contributed by atoms with Crippen molar-refractivity contribution < 1.29 is 27.8 Å². The highest BCUT2D eigenvalue weighted by Gasteiger charge is 2.42. The average molecular weight is 558 g/mol. The summed E-state index contributed by atoms with van der Waals surface area (Å²) in [7, 11) is 3.63. The zero-order valence-corrected chi connectivity index (χ0v) is 22.3. The van der Waals surface area contributed by atoms with Crippen LogP contribution in [0.5, 0.6) is 5.75 Å². The number of nitrogens with zero attached hydrogens (tertiary/aromatic N) is 6. The topological polar surface area (TPSA) is 102 Å². The number of rotatable bonds is 6. The Morgan fingerprint density at radius 2 is 1.88 bits per heavy atom. The van der Waals surface area contributed by atoms with Crippen LogP contribution >= 0.6 is 0 Å². The molecule has 40 heavy (non-hydrogen) atoms. The van der Waals surface area contributed by atoms with Crippen LogP contribution in [0, 0.1) is 6.92 Å². The molecule has 0 aliphatic carbocycles. The second-order valence-corrected chi connectivity index (χ2v) is 10.5. The molecule has 10 nitrogen and oxygen atoms in total. The van der Waals surface area contributed by atoms with Gasteiger partial charge in [-0.3, -0.25) is 14.6 Å². The van der Waals surface area contributed by atoms with Gasteiger partial charge in [0.15, 0.2) is 11.9 Å². The second-order valence-electron chi connectivity index (χ2n) is 10.5. The van der Waals surface area contributed by atoms with Crippen LogP contribution in [-0.2, 0) is 11.8 Å². The predicted octanol–water partition coefficient (Wildman–Crippen LogP) is 4.02. The number of ether oxygens (including phenoxy) is 2. The molecule has 0 spiro atoms. The Hall–Kier alpha value is -3.68. The number of pyridine rings is 2. The molecule has 3 atom stereocenters. The van der Waals surface area contributed by atoms with Gasteiger partial charge in [0, 0.05) is 61.7 Å². The third kappa shape index (κ3) is 5.11. The molecule has 2 aliphatic rings. The lowest BCUT2D eigenvalue weighted by molar-refractivity contribution is -0.207. The summed E-state index contributed by atoms with van der Waals surface area (Å²) in [4.78, 5) is 6.86. The Labute approximate surface area is 228 Å². The van der Waals surface area contributed by atoms with Crippen molar-refractivity contribution in [1.82, 2.24) is 29.3 Å². The van der Waals surface area contributed by atoms with Crippen LogP contribution in [0.3, 0.4) is 0 Å². The Bertz CT molecular complexity index is 1520. The number of morpholine rings is 1. The summed E-state index contributed by atoms with van der Waals surface area (Å²) in [5.41, 5.74) is 2.85. The molecule has 2 bridgehead atoms. The van der Waals surface area contributed by atoms with Gasteiger partial charge >= 0.3 is 6.18 Å². The number of aliphatic hydroxyl groups is 1. The summed E-state index contributed by atoms with van der Waals surface area (Å²) < 4.78 is 54.6. The molecule has 0 amide bonds. The number of alkyl halides is 3. The van der Waals surface area contributed by atoms with Crippen molar-refractivity contribution in [3.8, 4) is 16.9 Å². The minimum absolute atomic E-state index is 0.0182. The van der Waals surface area contributed by atoms with Gasteiger partial charge in [-0.05, 0) is 37.7 Å². The van der Waals surface area contributed by atoms with E-state index in [1.807, 2.05) is 25.1 Å². The van der Waals surface area contributed by atoms with E-state index in [0.717, 1.165) is 29.7 Å². The number of likely N-dealkylation sites (N-methyl/N-ethyl adjacent to an activating group) is 1. The summed E-state index contributed by atoms with van der Waals surface area (Å²) in [5, 5.41) is 20.9. The number of fused-ring (bicyclic) bond motifs is 3. The highest BCUT2D eigenvalue weighted by Crippen LogP contribution is 2.37. The number of aliphatic hydroxyl groups excluding tert-OH is 1. The average Bonchev–Trinajstić information content (AvgIpc) is 3.46. The lowest BCUT2D eigenvalue weighted by atomic mass is 9.92. The van der Waals surface area contributed by atoms with E-state index < -0.39 is 18.0 Å². The summed E-state index contributed by atoms with van der Waals surface area (Å²) in [6.45, 7) is 3.33. The van der Waals surface area contributed by atoms with E-state index in [1.165, 1.54) is 17.9 Å². The van der Waals surface area contributed by atoms with Crippen molar-refractivity contribution in [2.75, 3.05) is 25.6 Å². The molecule has 212 valence electrons. The van der Waals surface area contributed by atoms with Crippen LogP contribution < -0.4 is 10.1 Å². The zero-order valence-electron chi connectivity index (χ0n) is 22.3. The van der Waals surface area contributed by atoms with E-state index in [4.69, 9.17) is 9.47 Å². The van der Waals surface area contributed by atoms with Gasteiger partial charge in [-0.25, -0.2) is 4.52 Å². The Balaban J connectivity index is 1.27. The van der Waals surface area contributed by atoms with Crippen LogP contribution in [0.15, 0.2) is 42.9 Å². The molecular formula is C27H30F3N7O3. The molecule has 0 saturated carbocycles. The zero-order chi connectivity index (χ0) is 28.2. The number of anilines is 2. The van der Waals surface area contributed by atoms with Crippen molar-refractivity contribution in [2.24, 2.45) is 7.05 Å². The van der Waals surface area contributed by atoms with E-state index in [1.54, 1.807) is 23.0 Å². The van der Waals surface area contributed by atoms with Gasteiger partial charge in [0.05, 0.1) is 30.6 Å². The van der Waals surface area contributed by atoms with Gasteiger partial charge in [-0.1, -0.05) is 0 Å². The fourth-order valence-electron chi connectivity index (χ4n) is 5.51. The lowest BCUT2D eigenvalue weighted by Crippen LogP contribution is -2.57. The van der Waals surface area contributed by atoms with E-state index in [2.05, 4.69) is 32.4 Å². The smallest absolute Gasteiger partial charge is 0.420 e. The molecule has 4 aromatic rings. The van der Waals surface area contributed by atoms with E-state index in [0.29, 0.717) is 42.4 Å². The minimum Gasteiger partial charge on any atom is -0.488 e. The fraction of sp³-hybridized carbons (Fsp3) is 0.444. The standard InChI is InChI=1S/C27H30F3N7O3/c1-15-6-21(23(11-31-15)40-20-8-18-13-39-14-19(9-20)36(18)3)16-4-5-37-17(7-16)10-24(33-37)32-22-12-35(2)34-25(22)26(38)27(28,29)30/h4-7,10-12,18-20,26,38H,8-9,13-14H2,1-3H3,(H,32,33). The van der Waals surface area contributed by atoms with Crippen LogP contribution in [0.1, 0.15) is 30.3 Å². The quantitative estimate of drug-likeness (QED) is 0.367. The predicted molar refractivity (Wildman–Crippen MR) is 140 cm³/mol. The molecule has 2 aliphatic heterocycles. The first-order valence-electron chi connectivity index (χ1n) is 13.0. The van der Waals surface area contributed by atoms with Gasteiger partial charge < -0.3 is 19.9 Å². The molecule has 0 aromatic carbocycles. The maximum Gasteiger partial charge on any atom is 0.420 e. The first-order chi connectivity index (χ1) is 19.0. The van der Waals surface area contributed by atoms with Gasteiger partial charge in [0.25, 0.3) is 0 Å². The molecule has 4 aromatic heterocycles. The number of nitrogens with one attached hydrogen (secondary N) is 1. The number of aryl methyl sites for hydroxylation is 2. The third-order valence-electron chi connectivity index (χ3n) is 7.60. The van der Waals surface area contributed by atoms with Crippen molar-refractivity contribution in [3.05, 3.63) is 54.2 Å². The van der Waals surface area contributed by atoms with Crippen LogP contribution in [0.2, 0.25) is 0 Å². The van der Waals surface area contributed by atoms with Crippen LogP contribution in [0.4, 0.5) is 24.7 Å². The number of piperidine rings is 1. The SMILES string of the molecule is Cc1cc(-c2ccn3nc(Nc4cn(C)nc4C(O)C(F)(F)F)cc3c2)c(OC2CC3COCC(C2)N3C)cn1. The van der Waals surface area contributed by atoms with Crippen LogP contribution in [-0.4, -0.2) is 79.0 Å². The normalized spacial score (nSPS) is 22.4. The van der Waals surface area contributed by atoms with Crippen molar-refractivity contribution in [1.29, 1.82) is 0 Å². The number of halogens is 3. The number of hydrogen-bond donors (Lipinski definition) is 2. The molecule has 3 unspecified atom stereocenters. The summed E-state index contributed by atoms with van der Waals surface area (Å²) in [6.07, 6.45) is -0.862. The molecular weight excluding hydrogens is 527 g/mol.